The number of esters is 1. The van der Waals surface area contributed by atoms with Gasteiger partial charge < -0.3 is 4.74 Å². The zero-order valence-electron chi connectivity index (χ0n) is 13.7. The van der Waals surface area contributed by atoms with Crippen LogP contribution < -0.4 is 4.74 Å². The van der Waals surface area contributed by atoms with Crippen LogP contribution in [-0.2, 0) is 11.2 Å². The van der Waals surface area contributed by atoms with Crippen molar-refractivity contribution in [3.63, 3.8) is 0 Å². The predicted octanol–water partition coefficient (Wildman–Crippen LogP) is 4.58. The molecule has 0 radical (unpaired) electrons. The number of carbonyl (C=O) groups is 2. The summed E-state index contributed by atoms with van der Waals surface area (Å²) in [4.78, 5) is 23.8. The Morgan fingerprint density at radius 1 is 0.957 bits per heavy atom. The monoisotopic (exact) mass is 310 g/mol. The van der Waals surface area contributed by atoms with E-state index in [2.05, 4.69) is 6.92 Å². The summed E-state index contributed by atoms with van der Waals surface area (Å²) in [5.74, 6) is -0.268. The lowest BCUT2D eigenvalue weighted by Gasteiger charge is -2.08. The Balaban J connectivity index is 2.16. The largest absolute Gasteiger partial charge is 0.426 e. The summed E-state index contributed by atoms with van der Waals surface area (Å²) in [6.07, 6.45) is 4.62. The highest BCUT2D eigenvalue weighted by molar-refractivity contribution is 6.11. The molecule has 3 heteroatoms. The molecule has 0 saturated carbocycles. The van der Waals surface area contributed by atoms with Crippen LogP contribution in [0.3, 0.4) is 0 Å². The normalized spacial score (nSPS) is 10.3. The van der Waals surface area contributed by atoms with Gasteiger partial charge in [-0.15, -0.1) is 0 Å². The van der Waals surface area contributed by atoms with Gasteiger partial charge in [-0.2, -0.15) is 0 Å². The van der Waals surface area contributed by atoms with Crippen LogP contribution in [0.1, 0.15) is 54.6 Å². The molecule has 2 aromatic carbocycles. The SMILES string of the molecule is CCCCCc1ccc(C(=O)c2ccccc2OC(C)=O)cc1. The molecule has 0 aliphatic carbocycles. The molecule has 0 amide bonds. The Morgan fingerprint density at radius 2 is 1.65 bits per heavy atom. The minimum atomic E-state index is -0.434. The highest BCUT2D eigenvalue weighted by Gasteiger charge is 2.15. The molecular weight excluding hydrogens is 288 g/mol. The molecule has 0 N–H and O–H groups in total. The van der Waals surface area contributed by atoms with Crippen molar-refractivity contribution in [2.45, 2.75) is 39.5 Å². The van der Waals surface area contributed by atoms with Gasteiger partial charge in [0.15, 0.2) is 5.78 Å². The first kappa shape index (κ1) is 16.9. The van der Waals surface area contributed by atoms with Crippen molar-refractivity contribution >= 4 is 11.8 Å². The van der Waals surface area contributed by atoms with Gasteiger partial charge in [0.1, 0.15) is 5.75 Å². The molecule has 0 aliphatic rings. The Labute approximate surface area is 137 Å². The maximum atomic E-state index is 12.6. The van der Waals surface area contributed by atoms with Crippen molar-refractivity contribution in [3.05, 3.63) is 65.2 Å². The van der Waals surface area contributed by atoms with Crippen LogP contribution in [-0.4, -0.2) is 11.8 Å². The Bertz CT molecular complexity index is 672. The summed E-state index contributed by atoms with van der Waals surface area (Å²) in [7, 11) is 0. The van der Waals surface area contributed by atoms with E-state index in [-0.39, 0.29) is 5.78 Å². The quantitative estimate of drug-likeness (QED) is 0.325. The Morgan fingerprint density at radius 3 is 2.30 bits per heavy atom. The maximum Gasteiger partial charge on any atom is 0.308 e. The van der Waals surface area contributed by atoms with E-state index in [0.717, 1.165) is 6.42 Å². The second kappa shape index (κ2) is 8.28. The molecule has 0 aromatic heterocycles. The molecule has 0 saturated heterocycles. The second-order valence-corrected chi connectivity index (χ2v) is 5.57. The third-order valence-electron chi connectivity index (χ3n) is 3.67. The average Bonchev–Trinajstić information content (AvgIpc) is 2.55. The van der Waals surface area contributed by atoms with Crippen molar-refractivity contribution in [3.8, 4) is 5.75 Å². The summed E-state index contributed by atoms with van der Waals surface area (Å²) in [6.45, 7) is 3.51. The second-order valence-electron chi connectivity index (χ2n) is 5.57. The van der Waals surface area contributed by atoms with Crippen LogP contribution in [0.5, 0.6) is 5.75 Å². The first-order chi connectivity index (χ1) is 11.1. The van der Waals surface area contributed by atoms with E-state index in [4.69, 9.17) is 4.74 Å². The molecule has 23 heavy (non-hydrogen) atoms. The minimum absolute atomic E-state index is 0.137. The first-order valence-electron chi connectivity index (χ1n) is 8.03. The molecule has 0 bridgehead atoms. The third kappa shape index (κ3) is 4.78. The van der Waals surface area contributed by atoms with E-state index in [1.165, 1.54) is 31.7 Å². The number of rotatable bonds is 7. The summed E-state index contributed by atoms with van der Waals surface area (Å²) in [6, 6.07) is 14.5. The number of para-hydroxylation sites is 1. The zero-order valence-corrected chi connectivity index (χ0v) is 13.7. The highest BCUT2D eigenvalue weighted by Crippen LogP contribution is 2.22. The lowest BCUT2D eigenvalue weighted by atomic mass is 9.99. The topological polar surface area (TPSA) is 43.4 Å². The minimum Gasteiger partial charge on any atom is -0.426 e. The number of unbranched alkanes of at least 4 members (excludes halogenated alkanes) is 2. The van der Waals surface area contributed by atoms with E-state index in [9.17, 15) is 9.59 Å². The fourth-order valence-corrected chi connectivity index (χ4v) is 2.46. The van der Waals surface area contributed by atoms with Gasteiger partial charge in [0, 0.05) is 12.5 Å². The summed E-state index contributed by atoms with van der Waals surface area (Å²) >= 11 is 0. The molecule has 120 valence electrons. The van der Waals surface area contributed by atoms with E-state index in [1.807, 2.05) is 24.3 Å². The summed E-state index contributed by atoms with van der Waals surface area (Å²) in [5.41, 5.74) is 2.24. The van der Waals surface area contributed by atoms with Crippen molar-refractivity contribution in [1.29, 1.82) is 0 Å². The molecule has 3 nitrogen and oxygen atoms in total. The molecule has 0 spiro atoms. The zero-order chi connectivity index (χ0) is 16.7. The smallest absolute Gasteiger partial charge is 0.308 e. The number of hydrogen-bond donors (Lipinski definition) is 0. The van der Waals surface area contributed by atoms with Crippen molar-refractivity contribution in [2.24, 2.45) is 0 Å². The molecule has 0 fully saturated rings. The number of hydrogen-bond acceptors (Lipinski definition) is 3. The molecule has 0 atom stereocenters. The van der Waals surface area contributed by atoms with Gasteiger partial charge >= 0.3 is 5.97 Å². The molecule has 2 aromatic rings. The van der Waals surface area contributed by atoms with E-state index >= 15 is 0 Å². The number of carbonyl (C=O) groups excluding carboxylic acids is 2. The lowest BCUT2D eigenvalue weighted by Crippen LogP contribution is -2.08. The Kier molecular flexibility index (Phi) is 6.10. The fourth-order valence-electron chi connectivity index (χ4n) is 2.46. The highest BCUT2D eigenvalue weighted by atomic mass is 16.5. The van der Waals surface area contributed by atoms with E-state index in [1.54, 1.807) is 24.3 Å². The van der Waals surface area contributed by atoms with Gasteiger partial charge in [-0.1, -0.05) is 56.2 Å². The van der Waals surface area contributed by atoms with Crippen LogP contribution in [0, 0.1) is 0 Å². The van der Waals surface area contributed by atoms with Crippen LogP contribution in [0.15, 0.2) is 48.5 Å². The maximum absolute atomic E-state index is 12.6. The number of ketones is 1. The predicted molar refractivity (Wildman–Crippen MR) is 90.9 cm³/mol. The number of ether oxygens (including phenoxy) is 1. The average molecular weight is 310 g/mol. The number of aryl methyl sites for hydroxylation is 1. The first-order valence-corrected chi connectivity index (χ1v) is 8.03. The van der Waals surface area contributed by atoms with E-state index < -0.39 is 5.97 Å². The molecule has 0 heterocycles. The standard InChI is InChI=1S/C20H22O3/c1-3-4-5-8-16-11-13-17(14-12-16)20(22)18-9-6-7-10-19(18)23-15(2)21/h6-7,9-14H,3-5,8H2,1-2H3. The lowest BCUT2D eigenvalue weighted by molar-refractivity contribution is -0.131. The fraction of sp³-hybridized carbons (Fsp3) is 0.300. The van der Waals surface area contributed by atoms with Crippen molar-refractivity contribution in [2.75, 3.05) is 0 Å². The molecule has 0 aliphatic heterocycles. The van der Waals surface area contributed by atoms with Gasteiger partial charge in [-0.05, 0) is 30.5 Å². The summed E-state index contributed by atoms with van der Waals surface area (Å²) in [5, 5.41) is 0. The molecule has 2 rings (SSSR count). The van der Waals surface area contributed by atoms with Gasteiger partial charge in [0.25, 0.3) is 0 Å². The van der Waals surface area contributed by atoms with Crippen LogP contribution in [0.2, 0.25) is 0 Å². The Hall–Kier alpha value is -2.42. The van der Waals surface area contributed by atoms with Crippen molar-refractivity contribution < 1.29 is 14.3 Å². The van der Waals surface area contributed by atoms with Gasteiger partial charge in [0.2, 0.25) is 0 Å². The van der Waals surface area contributed by atoms with Gasteiger partial charge in [0.05, 0.1) is 5.56 Å². The van der Waals surface area contributed by atoms with Crippen molar-refractivity contribution in [1.82, 2.24) is 0 Å². The van der Waals surface area contributed by atoms with Gasteiger partial charge in [-0.3, -0.25) is 9.59 Å². The summed E-state index contributed by atoms with van der Waals surface area (Å²) < 4.78 is 5.12. The van der Waals surface area contributed by atoms with Gasteiger partial charge in [-0.25, -0.2) is 0 Å². The van der Waals surface area contributed by atoms with E-state index in [0.29, 0.717) is 16.9 Å². The molecular formula is C20H22O3. The number of benzene rings is 2. The molecule has 0 unspecified atom stereocenters. The van der Waals surface area contributed by atoms with Crippen LogP contribution in [0.4, 0.5) is 0 Å². The third-order valence-corrected chi connectivity index (χ3v) is 3.67. The van der Waals surface area contributed by atoms with Crippen LogP contribution >= 0.6 is 0 Å². The van der Waals surface area contributed by atoms with Crippen LogP contribution in [0.25, 0.3) is 0 Å².